The summed E-state index contributed by atoms with van der Waals surface area (Å²) in [6, 6.07) is 3.42. The Kier molecular flexibility index (Phi) is 1.77. The monoisotopic (exact) mass is 190 g/mol. The minimum atomic E-state index is -0.318. The lowest BCUT2D eigenvalue weighted by molar-refractivity contribution is 0.0879. The maximum atomic E-state index is 11.3. The second-order valence-electron chi connectivity index (χ2n) is 3.25. The summed E-state index contributed by atoms with van der Waals surface area (Å²) in [4.78, 5) is 22.6. The number of carbonyl (C=O) groups is 2. The van der Waals surface area contributed by atoms with Gasteiger partial charge in [0.1, 0.15) is 0 Å². The van der Waals surface area contributed by atoms with Crippen LogP contribution in [0, 0.1) is 6.92 Å². The Hall–Kier alpha value is -1.84. The molecule has 2 amide bonds. The number of nitrogens with one attached hydrogen (secondary N) is 2. The van der Waals surface area contributed by atoms with Crippen LogP contribution >= 0.6 is 0 Å². The van der Waals surface area contributed by atoms with Gasteiger partial charge in [0.2, 0.25) is 0 Å². The first-order valence-electron chi connectivity index (χ1n) is 4.31. The quantitative estimate of drug-likeness (QED) is 0.647. The van der Waals surface area contributed by atoms with Crippen LogP contribution in [0.5, 0.6) is 0 Å². The van der Waals surface area contributed by atoms with Gasteiger partial charge in [-0.1, -0.05) is 0 Å². The third-order valence-electron chi connectivity index (χ3n) is 2.35. The molecule has 0 aromatic heterocycles. The van der Waals surface area contributed by atoms with Crippen molar-refractivity contribution in [2.75, 3.05) is 12.4 Å². The maximum absolute atomic E-state index is 11.3. The van der Waals surface area contributed by atoms with Crippen molar-refractivity contribution in [3.8, 4) is 0 Å². The first-order valence-corrected chi connectivity index (χ1v) is 4.31. The molecule has 0 atom stereocenters. The second-order valence-corrected chi connectivity index (χ2v) is 3.25. The Bertz CT molecular complexity index is 438. The van der Waals surface area contributed by atoms with E-state index in [0.717, 1.165) is 11.3 Å². The van der Waals surface area contributed by atoms with E-state index in [1.807, 2.05) is 6.92 Å². The van der Waals surface area contributed by atoms with Gasteiger partial charge in [-0.2, -0.15) is 0 Å². The predicted octanol–water partition coefficient (Wildman–Crippen LogP) is 0.920. The van der Waals surface area contributed by atoms with Crippen molar-refractivity contribution in [1.29, 1.82) is 0 Å². The van der Waals surface area contributed by atoms with Gasteiger partial charge in [0.15, 0.2) is 0 Å². The number of carbonyl (C=O) groups excluding carboxylic acids is 2. The zero-order valence-corrected chi connectivity index (χ0v) is 7.97. The van der Waals surface area contributed by atoms with E-state index in [4.69, 9.17) is 0 Å². The van der Waals surface area contributed by atoms with Crippen LogP contribution in [0.2, 0.25) is 0 Å². The molecule has 0 bridgehead atoms. The number of fused-ring (bicyclic) bond motifs is 1. The van der Waals surface area contributed by atoms with Crippen molar-refractivity contribution in [2.24, 2.45) is 0 Å². The number of rotatable bonds is 1. The molecule has 1 aliphatic heterocycles. The summed E-state index contributed by atoms with van der Waals surface area (Å²) in [6.45, 7) is 1.89. The van der Waals surface area contributed by atoms with Gasteiger partial charge in [0.05, 0.1) is 11.1 Å². The summed E-state index contributed by atoms with van der Waals surface area (Å²) in [6.07, 6.45) is 0. The Labute approximate surface area is 81.3 Å². The summed E-state index contributed by atoms with van der Waals surface area (Å²) < 4.78 is 0. The molecule has 0 spiro atoms. The number of amides is 2. The van der Waals surface area contributed by atoms with Gasteiger partial charge in [0, 0.05) is 12.7 Å². The number of anilines is 1. The molecule has 2 N–H and O–H groups in total. The lowest BCUT2D eigenvalue weighted by Crippen LogP contribution is -2.19. The van der Waals surface area contributed by atoms with E-state index in [1.165, 1.54) is 0 Å². The molecule has 4 heteroatoms. The average Bonchev–Trinajstić information content (AvgIpc) is 2.41. The first-order chi connectivity index (χ1) is 6.63. The second kappa shape index (κ2) is 2.83. The van der Waals surface area contributed by atoms with Crippen molar-refractivity contribution in [3.63, 3.8) is 0 Å². The van der Waals surface area contributed by atoms with Crippen molar-refractivity contribution < 1.29 is 9.59 Å². The van der Waals surface area contributed by atoms with Gasteiger partial charge in [-0.25, -0.2) is 0 Å². The zero-order chi connectivity index (χ0) is 10.3. The number of hydrogen-bond acceptors (Lipinski definition) is 3. The third-order valence-corrected chi connectivity index (χ3v) is 2.35. The van der Waals surface area contributed by atoms with Crippen LogP contribution in [0.1, 0.15) is 26.3 Å². The van der Waals surface area contributed by atoms with E-state index in [2.05, 4.69) is 10.6 Å². The van der Waals surface area contributed by atoms with Crippen molar-refractivity contribution >= 4 is 17.5 Å². The number of benzene rings is 1. The molecular weight excluding hydrogens is 180 g/mol. The molecule has 0 saturated heterocycles. The molecular formula is C10H10N2O2. The first kappa shape index (κ1) is 8.74. The molecule has 0 unspecified atom stereocenters. The van der Waals surface area contributed by atoms with Crippen LogP contribution in [-0.4, -0.2) is 18.9 Å². The van der Waals surface area contributed by atoms with Crippen molar-refractivity contribution in [1.82, 2.24) is 5.32 Å². The highest BCUT2D eigenvalue weighted by Gasteiger charge is 2.27. The molecule has 1 aromatic rings. The largest absolute Gasteiger partial charge is 0.388 e. The Morgan fingerprint density at radius 2 is 1.71 bits per heavy atom. The molecule has 1 aromatic carbocycles. The Morgan fingerprint density at radius 1 is 1.14 bits per heavy atom. The van der Waals surface area contributed by atoms with Gasteiger partial charge < -0.3 is 5.32 Å². The average molecular weight is 190 g/mol. The lowest BCUT2D eigenvalue weighted by atomic mass is 10.0. The van der Waals surface area contributed by atoms with E-state index in [0.29, 0.717) is 11.1 Å². The maximum Gasteiger partial charge on any atom is 0.259 e. The third kappa shape index (κ3) is 1.08. The van der Waals surface area contributed by atoms with E-state index in [9.17, 15) is 9.59 Å². The fourth-order valence-corrected chi connectivity index (χ4v) is 1.59. The molecule has 0 fully saturated rings. The van der Waals surface area contributed by atoms with Crippen molar-refractivity contribution in [3.05, 3.63) is 28.8 Å². The standard InChI is InChI=1S/C10H10N2O2/c1-5-3-6-7(4-8(5)11-2)10(14)12-9(6)13/h3-4,11H,1-2H3,(H,12,13,14). The molecule has 1 aliphatic rings. The smallest absolute Gasteiger partial charge is 0.259 e. The summed E-state index contributed by atoms with van der Waals surface area (Å²) >= 11 is 0. The SMILES string of the molecule is CNc1cc2c(cc1C)C(=O)NC2=O. The van der Waals surface area contributed by atoms with Crippen LogP contribution in [0.15, 0.2) is 12.1 Å². The Morgan fingerprint density at radius 3 is 2.29 bits per heavy atom. The van der Waals surface area contributed by atoms with Crippen LogP contribution < -0.4 is 10.6 Å². The fraction of sp³-hybridized carbons (Fsp3) is 0.200. The lowest BCUT2D eigenvalue weighted by Gasteiger charge is -2.05. The normalized spacial score (nSPS) is 13.9. The molecule has 0 aliphatic carbocycles. The van der Waals surface area contributed by atoms with Crippen LogP contribution in [0.3, 0.4) is 0 Å². The van der Waals surface area contributed by atoms with E-state index in [1.54, 1.807) is 19.2 Å². The van der Waals surface area contributed by atoms with Gasteiger partial charge in [-0.15, -0.1) is 0 Å². The molecule has 72 valence electrons. The molecule has 2 rings (SSSR count). The van der Waals surface area contributed by atoms with Gasteiger partial charge >= 0.3 is 0 Å². The molecule has 0 saturated carbocycles. The van der Waals surface area contributed by atoms with Crippen LogP contribution in [0.25, 0.3) is 0 Å². The summed E-state index contributed by atoms with van der Waals surface area (Å²) in [5, 5.41) is 5.22. The number of hydrogen-bond donors (Lipinski definition) is 2. The van der Waals surface area contributed by atoms with Gasteiger partial charge in [-0.3, -0.25) is 14.9 Å². The van der Waals surface area contributed by atoms with Crippen LogP contribution in [-0.2, 0) is 0 Å². The predicted molar refractivity (Wildman–Crippen MR) is 52.5 cm³/mol. The minimum Gasteiger partial charge on any atom is -0.388 e. The summed E-state index contributed by atoms with van der Waals surface area (Å²) in [7, 11) is 1.78. The van der Waals surface area contributed by atoms with Crippen molar-refractivity contribution in [2.45, 2.75) is 6.92 Å². The number of aryl methyl sites for hydroxylation is 1. The highest BCUT2D eigenvalue weighted by atomic mass is 16.2. The van der Waals surface area contributed by atoms with E-state index in [-0.39, 0.29) is 11.8 Å². The van der Waals surface area contributed by atoms with Crippen LogP contribution in [0.4, 0.5) is 5.69 Å². The minimum absolute atomic E-state index is 0.309. The van der Waals surface area contributed by atoms with E-state index < -0.39 is 0 Å². The molecule has 4 nitrogen and oxygen atoms in total. The van der Waals surface area contributed by atoms with Gasteiger partial charge in [0.25, 0.3) is 11.8 Å². The van der Waals surface area contributed by atoms with E-state index >= 15 is 0 Å². The fourth-order valence-electron chi connectivity index (χ4n) is 1.59. The molecule has 14 heavy (non-hydrogen) atoms. The zero-order valence-electron chi connectivity index (χ0n) is 7.97. The highest BCUT2D eigenvalue weighted by Crippen LogP contribution is 2.23. The Balaban J connectivity index is 2.65. The topological polar surface area (TPSA) is 58.2 Å². The van der Waals surface area contributed by atoms with Gasteiger partial charge in [-0.05, 0) is 24.6 Å². The summed E-state index contributed by atoms with van der Waals surface area (Å²) in [5.41, 5.74) is 2.74. The highest BCUT2D eigenvalue weighted by molar-refractivity contribution is 6.22. The summed E-state index contributed by atoms with van der Waals surface area (Å²) in [5.74, 6) is -0.628. The molecule has 0 radical (unpaired) electrons. The number of imide groups is 1. The molecule has 1 heterocycles.